The molecule has 4 atom stereocenters. The van der Waals surface area contributed by atoms with Crippen molar-refractivity contribution in [1.82, 2.24) is 15.5 Å². The Bertz CT molecular complexity index is 629. The van der Waals surface area contributed by atoms with Gasteiger partial charge < -0.3 is 37.2 Å². The molecule has 0 radical (unpaired) electrons. The number of nitrogens with one attached hydrogen (secondary N) is 2. The minimum Gasteiger partial charge on any atom is -0.480 e. The Balaban J connectivity index is 2.84. The molecule has 0 aromatic rings. The molecule has 178 valence electrons. The highest BCUT2D eigenvalue weighted by molar-refractivity contribution is 5.94. The summed E-state index contributed by atoms with van der Waals surface area (Å²) < 4.78 is 0. The second-order valence-electron chi connectivity index (χ2n) is 8.35. The molecular weight excluding hydrogens is 406 g/mol. The van der Waals surface area contributed by atoms with Crippen molar-refractivity contribution in [3.63, 3.8) is 0 Å². The molecular formula is C20H37N5O6. The van der Waals surface area contributed by atoms with Crippen LogP contribution in [0.15, 0.2) is 0 Å². The monoisotopic (exact) mass is 443 g/mol. The zero-order valence-electron chi connectivity index (χ0n) is 18.4. The predicted molar refractivity (Wildman–Crippen MR) is 114 cm³/mol. The molecule has 0 saturated carbocycles. The molecule has 1 saturated heterocycles. The van der Waals surface area contributed by atoms with Crippen molar-refractivity contribution in [2.45, 2.75) is 76.5 Å². The van der Waals surface area contributed by atoms with E-state index in [0.29, 0.717) is 38.6 Å². The van der Waals surface area contributed by atoms with Crippen molar-refractivity contribution in [2.24, 2.45) is 17.4 Å². The van der Waals surface area contributed by atoms with Gasteiger partial charge in [-0.3, -0.25) is 14.4 Å². The van der Waals surface area contributed by atoms with Crippen LogP contribution in [-0.4, -0.2) is 82.7 Å². The van der Waals surface area contributed by atoms with Crippen LogP contribution < -0.4 is 22.1 Å². The van der Waals surface area contributed by atoms with E-state index in [4.69, 9.17) is 11.5 Å². The van der Waals surface area contributed by atoms with E-state index in [2.05, 4.69) is 10.6 Å². The Kier molecular flexibility index (Phi) is 11.4. The molecule has 1 heterocycles. The lowest BCUT2D eigenvalue weighted by Crippen LogP contribution is -2.58. The van der Waals surface area contributed by atoms with Crippen LogP contribution in [0.4, 0.5) is 0 Å². The molecule has 1 aliphatic heterocycles. The van der Waals surface area contributed by atoms with E-state index in [9.17, 15) is 29.4 Å². The fourth-order valence-electron chi connectivity index (χ4n) is 3.60. The maximum Gasteiger partial charge on any atom is 0.326 e. The van der Waals surface area contributed by atoms with Gasteiger partial charge in [-0.15, -0.1) is 0 Å². The van der Waals surface area contributed by atoms with Crippen molar-refractivity contribution in [3.05, 3.63) is 0 Å². The summed E-state index contributed by atoms with van der Waals surface area (Å²) in [5.74, 6) is -2.70. The van der Waals surface area contributed by atoms with Crippen LogP contribution in [0.25, 0.3) is 0 Å². The van der Waals surface area contributed by atoms with Gasteiger partial charge in [0.05, 0.1) is 12.6 Å². The first-order valence-electron chi connectivity index (χ1n) is 10.8. The number of aliphatic carboxylic acids is 1. The maximum atomic E-state index is 12.8. The normalized spacial score (nSPS) is 19.0. The van der Waals surface area contributed by atoms with Crippen LogP contribution in [-0.2, 0) is 19.2 Å². The van der Waals surface area contributed by atoms with Crippen molar-refractivity contribution < 1.29 is 29.4 Å². The quantitative estimate of drug-likeness (QED) is 0.186. The summed E-state index contributed by atoms with van der Waals surface area (Å²) in [4.78, 5) is 50.5. The van der Waals surface area contributed by atoms with Gasteiger partial charge in [-0.1, -0.05) is 13.8 Å². The second kappa shape index (κ2) is 13.2. The van der Waals surface area contributed by atoms with E-state index in [0.717, 1.165) is 4.90 Å². The van der Waals surface area contributed by atoms with Gasteiger partial charge in [0.15, 0.2) is 0 Å². The minimum absolute atomic E-state index is 0.198. The lowest BCUT2D eigenvalue weighted by Gasteiger charge is -2.28. The van der Waals surface area contributed by atoms with Crippen molar-refractivity contribution in [2.75, 3.05) is 19.7 Å². The number of rotatable bonds is 13. The Morgan fingerprint density at radius 3 is 2.29 bits per heavy atom. The van der Waals surface area contributed by atoms with Crippen molar-refractivity contribution >= 4 is 23.7 Å². The summed E-state index contributed by atoms with van der Waals surface area (Å²) >= 11 is 0. The molecule has 0 aliphatic carbocycles. The number of hydrogen-bond donors (Lipinski definition) is 6. The van der Waals surface area contributed by atoms with Crippen LogP contribution in [0.5, 0.6) is 0 Å². The first kappa shape index (κ1) is 26.8. The number of carbonyl (C=O) groups is 4. The molecule has 1 rings (SSSR count). The van der Waals surface area contributed by atoms with E-state index in [1.807, 2.05) is 13.8 Å². The van der Waals surface area contributed by atoms with E-state index >= 15 is 0 Å². The van der Waals surface area contributed by atoms with Gasteiger partial charge >= 0.3 is 5.97 Å². The number of unbranched alkanes of at least 4 members (excludes halogenated alkanes) is 1. The lowest BCUT2D eigenvalue weighted by molar-refractivity contribution is -0.150. The van der Waals surface area contributed by atoms with Gasteiger partial charge in [-0.05, 0) is 51.0 Å². The summed E-state index contributed by atoms with van der Waals surface area (Å²) in [7, 11) is 0. The van der Waals surface area contributed by atoms with E-state index in [1.54, 1.807) is 0 Å². The highest BCUT2D eigenvalue weighted by Crippen LogP contribution is 2.18. The van der Waals surface area contributed by atoms with Crippen molar-refractivity contribution in [3.8, 4) is 0 Å². The Labute approximate surface area is 182 Å². The molecule has 11 nitrogen and oxygen atoms in total. The van der Waals surface area contributed by atoms with E-state index < -0.39 is 54.5 Å². The first-order valence-corrected chi connectivity index (χ1v) is 10.8. The number of likely N-dealkylation sites (tertiary alicyclic amines) is 1. The number of aliphatic hydroxyl groups is 1. The number of nitrogens with zero attached hydrogens (tertiary/aromatic N) is 1. The van der Waals surface area contributed by atoms with Crippen LogP contribution in [0.2, 0.25) is 0 Å². The molecule has 0 bridgehead atoms. The summed E-state index contributed by atoms with van der Waals surface area (Å²) in [5.41, 5.74) is 11.4. The standard InChI is InChI=1S/C20H37N5O6/c1-12(2)10-13(22)17(27)23-14(6-3-4-8-21)18(28)24-15(11-26)19(29)25-9-5-7-16(25)20(30)31/h12-16,26H,3-11,21-22H2,1-2H3,(H,23,27)(H,24,28)(H,30,31). The molecule has 4 unspecified atom stereocenters. The highest BCUT2D eigenvalue weighted by atomic mass is 16.4. The number of nitrogens with two attached hydrogens (primary N) is 2. The third-order valence-corrected chi connectivity index (χ3v) is 5.26. The van der Waals surface area contributed by atoms with Gasteiger partial charge in [-0.2, -0.15) is 0 Å². The summed E-state index contributed by atoms with van der Waals surface area (Å²) in [5, 5.41) is 24.0. The van der Waals surface area contributed by atoms with Gasteiger partial charge in [0.2, 0.25) is 17.7 Å². The molecule has 0 aromatic carbocycles. The van der Waals surface area contributed by atoms with Crippen LogP contribution in [0.1, 0.15) is 52.4 Å². The smallest absolute Gasteiger partial charge is 0.326 e. The lowest BCUT2D eigenvalue weighted by atomic mass is 10.0. The van der Waals surface area contributed by atoms with Crippen LogP contribution in [0.3, 0.4) is 0 Å². The Morgan fingerprint density at radius 1 is 1.10 bits per heavy atom. The first-order chi connectivity index (χ1) is 14.6. The molecule has 1 aliphatic rings. The third kappa shape index (κ3) is 8.42. The number of amides is 3. The van der Waals surface area contributed by atoms with Gasteiger partial charge in [0, 0.05) is 6.54 Å². The fraction of sp³-hybridized carbons (Fsp3) is 0.800. The van der Waals surface area contributed by atoms with Gasteiger partial charge in [0.25, 0.3) is 0 Å². The predicted octanol–water partition coefficient (Wildman–Crippen LogP) is -1.47. The molecule has 3 amide bonds. The Morgan fingerprint density at radius 2 is 1.74 bits per heavy atom. The maximum absolute atomic E-state index is 12.8. The largest absolute Gasteiger partial charge is 0.480 e. The number of carboxylic acids is 1. The van der Waals surface area contributed by atoms with Crippen molar-refractivity contribution in [1.29, 1.82) is 0 Å². The number of hydrogen-bond acceptors (Lipinski definition) is 7. The minimum atomic E-state index is -1.30. The third-order valence-electron chi connectivity index (χ3n) is 5.26. The van der Waals surface area contributed by atoms with E-state index in [1.165, 1.54) is 0 Å². The molecule has 8 N–H and O–H groups in total. The molecule has 0 aromatic heterocycles. The van der Waals surface area contributed by atoms with Crippen LogP contribution >= 0.6 is 0 Å². The zero-order chi connectivity index (χ0) is 23.6. The summed E-state index contributed by atoms with van der Waals surface area (Å²) in [6.45, 7) is 3.84. The van der Waals surface area contributed by atoms with Gasteiger partial charge in [-0.25, -0.2) is 4.79 Å². The van der Waals surface area contributed by atoms with Crippen LogP contribution in [0, 0.1) is 5.92 Å². The molecule has 0 spiro atoms. The average Bonchev–Trinajstić information content (AvgIpc) is 3.20. The molecule has 11 heteroatoms. The Hall–Kier alpha value is -2.24. The average molecular weight is 444 g/mol. The summed E-state index contributed by atoms with van der Waals surface area (Å²) in [6, 6.07) is -4.01. The second-order valence-corrected chi connectivity index (χ2v) is 8.35. The topological polar surface area (TPSA) is 188 Å². The number of carboxylic acid groups (broad SMARTS) is 1. The molecule has 31 heavy (non-hydrogen) atoms. The zero-order valence-corrected chi connectivity index (χ0v) is 18.4. The van der Waals surface area contributed by atoms with Gasteiger partial charge in [0.1, 0.15) is 18.1 Å². The SMILES string of the molecule is CC(C)CC(N)C(=O)NC(CCCCN)C(=O)NC(CO)C(=O)N1CCCC1C(=O)O. The molecule has 1 fully saturated rings. The number of aliphatic hydroxyl groups excluding tert-OH is 1. The number of carbonyl (C=O) groups excluding carboxylic acids is 3. The highest BCUT2D eigenvalue weighted by Gasteiger charge is 2.38. The fourth-order valence-corrected chi connectivity index (χ4v) is 3.60. The summed E-state index contributed by atoms with van der Waals surface area (Å²) in [6.07, 6.45) is 2.80. The van der Waals surface area contributed by atoms with E-state index in [-0.39, 0.29) is 18.9 Å².